The Morgan fingerprint density at radius 2 is 1.83 bits per heavy atom. The number of esters is 1. The van der Waals surface area contributed by atoms with Gasteiger partial charge in [0.05, 0.1) is 23.4 Å². The third-order valence-corrected chi connectivity index (χ3v) is 5.04. The summed E-state index contributed by atoms with van der Waals surface area (Å²) in [5.41, 5.74) is -3.98. The van der Waals surface area contributed by atoms with Crippen molar-refractivity contribution in [2.45, 2.75) is 13.1 Å². The Morgan fingerprint density at radius 3 is 2.33 bits per heavy atom. The average Bonchev–Trinajstić information content (AvgIpc) is 2.83. The number of benzene rings is 1. The van der Waals surface area contributed by atoms with Gasteiger partial charge in [0, 0.05) is 14.1 Å². The summed E-state index contributed by atoms with van der Waals surface area (Å²) in [4.78, 5) is 23.9. The van der Waals surface area contributed by atoms with Crippen LogP contribution in [-0.4, -0.2) is 62.0 Å². The van der Waals surface area contributed by atoms with Crippen molar-refractivity contribution < 1.29 is 46.1 Å². The van der Waals surface area contributed by atoms with Crippen LogP contribution in [0.5, 0.6) is 5.75 Å². The van der Waals surface area contributed by atoms with Gasteiger partial charge in [-0.25, -0.2) is 4.79 Å². The molecule has 3 N–H and O–H groups in total. The zero-order chi connectivity index (χ0) is 23.0. The van der Waals surface area contributed by atoms with Crippen LogP contribution in [0.1, 0.15) is 22.8 Å². The van der Waals surface area contributed by atoms with E-state index in [0.717, 1.165) is 19.0 Å². The maximum Gasteiger partial charge on any atom is 0.417 e. The minimum atomic E-state index is -4.99. The number of alkyl halides is 3. The predicted molar refractivity (Wildman–Crippen MR) is 97.4 cm³/mol. The van der Waals surface area contributed by atoms with Crippen molar-refractivity contribution >= 4 is 33.5 Å². The number of anilines is 1. The van der Waals surface area contributed by atoms with E-state index in [1.54, 1.807) is 0 Å². The highest BCUT2D eigenvalue weighted by molar-refractivity contribution is 7.95. The Balaban J connectivity index is 2.69. The quantitative estimate of drug-likeness (QED) is 0.452. The molecule has 30 heavy (non-hydrogen) atoms. The van der Waals surface area contributed by atoms with E-state index >= 15 is 0 Å². The van der Waals surface area contributed by atoms with Gasteiger partial charge in [0.15, 0.2) is 5.75 Å². The van der Waals surface area contributed by atoms with Crippen LogP contribution in [-0.2, 0) is 25.7 Å². The molecule has 0 aromatic heterocycles. The first kappa shape index (κ1) is 23.0. The second-order valence-electron chi connectivity index (χ2n) is 6.02. The van der Waals surface area contributed by atoms with Crippen molar-refractivity contribution in [2.75, 3.05) is 26.0 Å². The fourth-order valence-electron chi connectivity index (χ4n) is 2.46. The molecule has 0 spiro atoms. The summed E-state index contributed by atoms with van der Waals surface area (Å²) in [6, 6.07) is 1.17. The molecule has 1 aromatic rings. The third kappa shape index (κ3) is 4.17. The highest BCUT2D eigenvalue weighted by atomic mass is 32.2. The molecule has 1 aromatic carbocycles. The summed E-state index contributed by atoms with van der Waals surface area (Å²) in [5, 5.41) is 22.3. The van der Waals surface area contributed by atoms with E-state index in [4.69, 9.17) is 0 Å². The monoisotopic (exact) mass is 451 g/mol. The summed E-state index contributed by atoms with van der Waals surface area (Å²) in [5.74, 6) is -4.95. The van der Waals surface area contributed by atoms with Gasteiger partial charge in [0.25, 0.3) is 15.9 Å². The number of halogens is 3. The summed E-state index contributed by atoms with van der Waals surface area (Å²) >= 11 is 0. The van der Waals surface area contributed by atoms with Crippen molar-refractivity contribution in [1.82, 2.24) is 4.90 Å². The van der Waals surface area contributed by atoms with Crippen molar-refractivity contribution in [1.29, 1.82) is 0 Å². The Hall–Kier alpha value is -3.29. The number of sulfonamides is 1. The van der Waals surface area contributed by atoms with Gasteiger partial charge < -0.3 is 25.2 Å². The van der Waals surface area contributed by atoms with Crippen LogP contribution >= 0.6 is 0 Å². The molecular weight excluding hydrogens is 435 g/mol. The predicted octanol–water partition coefficient (Wildman–Crippen LogP) is 1.60. The molecule has 1 aliphatic rings. The minimum absolute atomic E-state index is 0.223. The normalized spacial score (nSPS) is 15.6. The minimum Gasteiger partial charge on any atom is -0.505 e. The first-order chi connectivity index (χ1) is 13.7. The maximum atomic E-state index is 13.3. The lowest BCUT2D eigenvalue weighted by molar-refractivity contribution is -0.138. The van der Waals surface area contributed by atoms with Crippen LogP contribution in [0.2, 0.25) is 0 Å². The van der Waals surface area contributed by atoms with Gasteiger partial charge in [-0.1, -0.05) is 0 Å². The van der Waals surface area contributed by atoms with Crippen LogP contribution in [0.3, 0.4) is 0 Å². The molecule has 14 heteroatoms. The SMILES string of the molecule is CCOC(=O)C1=C(Nc2ccc(C(F)(F)F)c(C(=O)N(C)C)c2O)C(O)=NS1(=O)=O. The molecular formula is C16H16F3N3O7S. The van der Waals surface area contributed by atoms with E-state index in [0.29, 0.717) is 12.1 Å². The number of ether oxygens (including phenoxy) is 1. The Bertz CT molecular complexity index is 1080. The first-order valence-corrected chi connectivity index (χ1v) is 9.53. The van der Waals surface area contributed by atoms with Gasteiger partial charge in [-0.15, -0.1) is 4.40 Å². The van der Waals surface area contributed by atoms with E-state index in [2.05, 4.69) is 14.5 Å². The lowest BCUT2D eigenvalue weighted by atomic mass is 10.0. The van der Waals surface area contributed by atoms with Crippen molar-refractivity contribution in [3.05, 3.63) is 33.9 Å². The number of aliphatic hydroxyl groups is 1. The first-order valence-electron chi connectivity index (χ1n) is 8.09. The molecule has 0 fully saturated rings. The average molecular weight is 451 g/mol. The number of nitrogens with one attached hydrogen (secondary N) is 1. The zero-order valence-electron chi connectivity index (χ0n) is 15.7. The summed E-state index contributed by atoms with van der Waals surface area (Å²) < 4.78 is 71.4. The van der Waals surface area contributed by atoms with Crippen LogP contribution in [0.15, 0.2) is 27.1 Å². The van der Waals surface area contributed by atoms with Crippen LogP contribution in [0.25, 0.3) is 0 Å². The molecule has 2 rings (SSSR count). The molecule has 0 saturated heterocycles. The number of carbonyl (C=O) groups is 2. The number of rotatable bonds is 5. The Labute approximate surface area is 168 Å². The van der Waals surface area contributed by atoms with Gasteiger partial charge in [0.2, 0.25) is 10.8 Å². The molecule has 0 aliphatic carbocycles. The van der Waals surface area contributed by atoms with Crippen molar-refractivity contribution in [3.63, 3.8) is 0 Å². The van der Waals surface area contributed by atoms with Gasteiger partial charge in [-0.05, 0) is 19.1 Å². The molecule has 0 unspecified atom stereocenters. The number of aliphatic hydroxyl groups excluding tert-OH is 1. The van der Waals surface area contributed by atoms with E-state index < -0.39 is 67.1 Å². The lowest BCUT2D eigenvalue weighted by Gasteiger charge is -2.19. The fourth-order valence-corrected chi connectivity index (χ4v) is 3.54. The molecule has 1 amide bonds. The fraction of sp³-hybridized carbons (Fsp3) is 0.312. The van der Waals surface area contributed by atoms with E-state index in [1.165, 1.54) is 6.92 Å². The number of phenolic OH excluding ortho intramolecular Hbond substituents is 1. The standard InChI is InChI=1S/C16H16F3N3O7S/c1-4-29-15(26)12-10(13(24)21-30(12,27)28)20-8-6-5-7(16(17,18)19)9(11(8)23)14(25)22(2)3/h5-6,20,23H,4H2,1-3H3,(H,21,24). The Morgan fingerprint density at radius 1 is 1.23 bits per heavy atom. The number of aromatic hydroxyl groups is 1. The molecule has 0 atom stereocenters. The number of carbonyl (C=O) groups excluding carboxylic acids is 2. The number of amides is 1. The number of nitrogens with zero attached hydrogens (tertiary/aromatic N) is 2. The lowest BCUT2D eigenvalue weighted by Crippen LogP contribution is -2.26. The van der Waals surface area contributed by atoms with Gasteiger partial charge >= 0.3 is 12.1 Å². The molecule has 0 radical (unpaired) electrons. The smallest absolute Gasteiger partial charge is 0.417 e. The third-order valence-electron chi connectivity index (χ3n) is 3.74. The molecule has 1 aliphatic heterocycles. The van der Waals surface area contributed by atoms with Crippen molar-refractivity contribution in [3.8, 4) is 5.75 Å². The molecule has 10 nitrogen and oxygen atoms in total. The van der Waals surface area contributed by atoms with Crippen molar-refractivity contribution in [2.24, 2.45) is 4.40 Å². The number of phenols is 1. The summed E-state index contributed by atoms with van der Waals surface area (Å²) in [6.45, 7) is 1.16. The van der Waals surface area contributed by atoms with E-state index in [9.17, 15) is 41.4 Å². The largest absolute Gasteiger partial charge is 0.505 e. The zero-order valence-corrected chi connectivity index (χ0v) is 16.6. The van der Waals surface area contributed by atoms with E-state index in [1.807, 2.05) is 0 Å². The maximum absolute atomic E-state index is 13.3. The van der Waals surface area contributed by atoms with Crippen LogP contribution in [0.4, 0.5) is 18.9 Å². The van der Waals surface area contributed by atoms with Crippen LogP contribution in [0, 0.1) is 0 Å². The summed E-state index contributed by atoms with van der Waals surface area (Å²) in [6.07, 6.45) is -4.99. The molecule has 164 valence electrons. The van der Waals surface area contributed by atoms with Gasteiger partial charge in [0.1, 0.15) is 5.70 Å². The topological polar surface area (TPSA) is 146 Å². The molecule has 1 heterocycles. The summed E-state index contributed by atoms with van der Waals surface area (Å²) in [7, 11) is -2.35. The molecule has 0 saturated carbocycles. The highest BCUT2D eigenvalue weighted by Gasteiger charge is 2.41. The number of hydrogen-bond acceptors (Lipinski definition) is 7. The van der Waals surface area contributed by atoms with Crippen LogP contribution < -0.4 is 5.32 Å². The second-order valence-corrected chi connectivity index (χ2v) is 7.56. The second kappa shape index (κ2) is 7.85. The molecule has 0 bridgehead atoms. The highest BCUT2D eigenvalue weighted by Crippen LogP contribution is 2.41. The van der Waals surface area contributed by atoms with E-state index in [-0.39, 0.29) is 6.61 Å². The number of hydrogen-bond donors (Lipinski definition) is 3. The Kier molecular flexibility index (Phi) is 6.02. The van der Waals surface area contributed by atoms with Gasteiger partial charge in [-0.2, -0.15) is 21.6 Å². The van der Waals surface area contributed by atoms with Gasteiger partial charge in [-0.3, -0.25) is 4.79 Å².